The minimum Gasteiger partial charge on any atom is -0.352 e. The van der Waals surface area contributed by atoms with Crippen LogP contribution < -0.4 is 10.6 Å². The van der Waals surface area contributed by atoms with E-state index in [2.05, 4.69) is 27.0 Å². The molecule has 1 aliphatic rings. The van der Waals surface area contributed by atoms with Crippen molar-refractivity contribution in [1.29, 1.82) is 0 Å². The van der Waals surface area contributed by atoms with Crippen molar-refractivity contribution in [2.24, 2.45) is 0 Å². The Bertz CT molecular complexity index is 631. The maximum Gasteiger partial charge on any atom is 0.241 e. The molecule has 2 N–H and O–H groups in total. The van der Waals surface area contributed by atoms with Crippen molar-refractivity contribution < 1.29 is 9.59 Å². The molecular formula is C20H30N4O2. The summed E-state index contributed by atoms with van der Waals surface area (Å²) in [4.78, 5) is 28.7. The molecule has 2 rings (SSSR count). The summed E-state index contributed by atoms with van der Waals surface area (Å²) in [6.45, 7) is 13.5. The molecule has 1 aromatic rings. The van der Waals surface area contributed by atoms with E-state index in [4.69, 9.17) is 0 Å². The van der Waals surface area contributed by atoms with Crippen LogP contribution in [0.25, 0.3) is 0 Å². The quantitative estimate of drug-likeness (QED) is 0.726. The summed E-state index contributed by atoms with van der Waals surface area (Å²) in [5.74, 6) is 0.0266. The van der Waals surface area contributed by atoms with Gasteiger partial charge in [-0.25, -0.2) is 0 Å². The molecule has 1 heterocycles. The van der Waals surface area contributed by atoms with E-state index in [-0.39, 0.29) is 17.9 Å². The molecule has 26 heavy (non-hydrogen) atoms. The SMILES string of the molecule is C=CCNC(=O)CN1CCN(C(C)C(=O)Nc2c(C)cccc2C)CC1. The number of amides is 2. The molecular weight excluding hydrogens is 328 g/mol. The van der Waals surface area contributed by atoms with Crippen molar-refractivity contribution in [2.75, 3.05) is 44.6 Å². The predicted octanol–water partition coefficient (Wildman–Crippen LogP) is 1.55. The van der Waals surface area contributed by atoms with E-state index in [9.17, 15) is 9.59 Å². The van der Waals surface area contributed by atoms with Crippen molar-refractivity contribution in [2.45, 2.75) is 26.8 Å². The molecule has 6 heteroatoms. The highest BCUT2D eigenvalue weighted by molar-refractivity contribution is 5.95. The molecule has 0 bridgehead atoms. The van der Waals surface area contributed by atoms with Crippen molar-refractivity contribution >= 4 is 17.5 Å². The number of hydrogen-bond donors (Lipinski definition) is 2. The summed E-state index contributed by atoms with van der Waals surface area (Å²) in [5, 5.41) is 5.87. The van der Waals surface area contributed by atoms with Crippen LogP contribution in [0.1, 0.15) is 18.1 Å². The Morgan fingerprint density at radius 3 is 2.38 bits per heavy atom. The molecule has 0 radical (unpaired) electrons. The second kappa shape index (κ2) is 9.50. The molecule has 1 atom stereocenters. The zero-order valence-corrected chi connectivity index (χ0v) is 16.0. The lowest BCUT2D eigenvalue weighted by Crippen LogP contribution is -2.54. The van der Waals surface area contributed by atoms with Crippen LogP contribution >= 0.6 is 0 Å². The highest BCUT2D eigenvalue weighted by Crippen LogP contribution is 2.20. The fourth-order valence-corrected chi connectivity index (χ4v) is 3.16. The number of carbonyl (C=O) groups excluding carboxylic acids is 2. The molecule has 1 saturated heterocycles. The fraction of sp³-hybridized carbons (Fsp3) is 0.500. The van der Waals surface area contributed by atoms with E-state index in [1.807, 2.05) is 39.0 Å². The molecule has 0 spiro atoms. The lowest BCUT2D eigenvalue weighted by atomic mass is 10.1. The molecule has 1 fully saturated rings. The van der Waals surface area contributed by atoms with Crippen LogP contribution in [0.3, 0.4) is 0 Å². The Morgan fingerprint density at radius 2 is 1.81 bits per heavy atom. The zero-order valence-electron chi connectivity index (χ0n) is 16.0. The number of nitrogens with zero attached hydrogens (tertiary/aromatic N) is 2. The van der Waals surface area contributed by atoms with Gasteiger partial charge in [0.05, 0.1) is 12.6 Å². The minimum absolute atomic E-state index is 0.0131. The number of benzene rings is 1. The second-order valence-electron chi connectivity index (χ2n) is 6.84. The Kier molecular flexibility index (Phi) is 7.36. The van der Waals surface area contributed by atoms with Gasteiger partial charge in [-0.1, -0.05) is 24.3 Å². The van der Waals surface area contributed by atoms with Gasteiger partial charge in [-0.2, -0.15) is 0 Å². The summed E-state index contributed by atoms with van der Waals surface area (Å²) in [7, 11) is 0. The Hall–Kier alpha value is -2.18. The van der Waals surface area contributed by atoms with Gasteiger partial charge in [0.15, 0.2) is 0 Å². The highest BCUT2D eigenvalue weighted by Gasteiger charge is 2.26. The first-order valence-electron chi connectivity index (χ1n) is 9.13. The first-order valence-corrected chi connectivity index (χ1v) is 9.13. The molecule has 6 nitrogen and oxygen atoms in total. The van der Waals surface area contributed by atoms with Gasteiger partial charge in [0.2, 0.25) is 11.8 Å². The van der Waals surface area contributed by atoms with Gasteiger partial charge in [0.25, 0.3) is 0 Å². The summed E-state index contributed by atoms with van der Waals surface area (Å²) >= 11 is 0. The standard InChI is InChI=1S/C20H30N4O2/c1-5-9-21-18(25)14-23-10-12-24(13-11-23)17(4)20(26)22-19-15(2)7-6-8-16(19)3/h5-8,17H,1,9-14H2,2-4H3,(H,21,25)(H,22,26). The number of anilines is 1. The second-order valence-corrected chi connectivity index (χ2v) is 6.84. The summed E-state index contributed by atoms with van der Waals surface area (Å²) < 4.78 is 0. The van der Waals surface area contributed by atoms with Crippen LogP contribution in [0.15, 0.2) is 30.9 Å². The highest BCUT2D eigenvalue weighted by atomic mass is 16.2. The van der Waals surface area contributed by atoms with Crippen LogP contribution in [0.4, 0.5) is 5.69 Å². The van der Waals surface area contributed by atoms with Crippen molar-refractivity contribution in [1.82, 2.24) is 15.1 Å². The third-order valence-electron chi connectivity index (χ3n) is 4.87. The predicted molar refractivity (Wildman–Crippen MR) is 105 cm³/mol. The topological polar surface area (TPSA) is 64.7 Å². The van der Waals surface area contributed by atoms with E-state index in [1.165, 1.54) is 0 Å². The number of rotatable bonds is 7. The maximum atomic E-state index is 12.7. The van der Waals surface area contributed by atoms with Gasteiger partial charge in [0.1, 0.15) is 0 Å². The van der Waals surface area contributed by atoms with Gasteiger partial charge in [-0.3, -0.25) is 19.4 Å². The van der Waals surface area contributed by atoms with Crippen LogP contribution in [-0.4, -0.2) is 66.9 Å². The number of para-hydroxylation sites is 1. The summed E-state index contributed by atoms with van der Waals surface area (Å²) in [6.07, 6.45) is 1.67. The van der Waals surface area contributed by atoms with Gasteiger partial charge in [-0.05, 0) is 31.9 Å². The van der Waals surface area contributed by atoms with E-state index in [0.717, 1.165) is 43.0 Å². The normalized spacial score (nSPS) is 16.7. The average molecular weight is 358 g/mol. The molecule has 0 aliphatic carbocycles. The average Bonchev–Trinajstić information content (AvgIpc) is 2.63. The number of nitrogens with one attached hydrogen (secondary N) is 2. The molecule has 2 amide bonds. The first-order chi connectivity index (χ1) is 12.4. The Morgan fingerprint density at radius 1 is 1.19 bits per heavy atom. The van der Waals surface area contributed by atoms with Gasteiger partial charge >= 0.3 is 0 Å². The summed E-state index contributed by atoms with van der Waals surface area (Å²) in [6, 6.07) is 5.80. The third kappa shape index (κ3) is 5.41. The van der Waals surface area contributed by atoms with Crippen molar-refractivity contribution in [3.8, 4) is 0 Å². The number of hydrogen-bond acceptors (Lipinski definition) is 4. The lowest BCUT2D eigenvalue weighted by molar-refractivity contribution is -0.124. The molecule has 0 saturated carbocycles. The van der Waals surface area contributed by atoms with E-state index < -0.39 is 0 Å². The molecule has 0 aromatic heterocycles. The molecule has 142 valence electrons. The molecule has 1 aliphatic heterocycles. The van der Waals surface area contributed by atoms with E-state index in [1.54, 1.807) is 6.08 Å². The lowest BCUT2D eigenvalue weighted by Gasteiger charge is -2.37. The Labute approximate surface area is 156 Å². The maximum absolute atomic E-state index is 12.7. The van der Waals surface area contributed by atoms with Crippen LogP contribution in [-0.2, 0) is 9.59 Å². The van der Waals surface area contributed by atoms with Gasteiger partial charge in [-0.15, -0.1) is 6.58 Å². The minimum atomic E-state index is -0.203. The van der Waals surface area contributed by atoms with Crippen LogP contribution in [0, 0.1) is 13.8 Å². The van der Waals surface area contributed by atoms with E-state index >= 15 is 0 Å². The number of piperazine rings is 1. The van der Waals surface area contributed by atoms with Gasteiger partial charge in [0, 0.05) is 38.4 Å². The zero-order chi connectivity index (χ0) is 19.1. The number of carbonyl (C=O) groups is 2. The smallest absolute Gasteiger partial charge is 0.241 e. The number of aryl methyl sites for hydroxylation is 2. The Balaban J connectivity index is 1.84. The first kappa shape index (κ1) is 20.1. The fourth-order valence-electron chi connectivity index (χ4n) is 3.16. The largest absolute Gasteiger partial charge is 0.352 e. The van der Waals surface area contributed by atoms with E-state index in [0.29, 0.717) is 13.1 Å². The van der Waals surface area contributed by atoms with Crippen LogP contribution in [0.5, 0.6) is 0 Å². The van der Waals surface area contributed by atoms with Gasteiger partial charge < -0.3 is 10.6 Å². The third-order valence-corrected chi connectivity index (χ3v) is 4.87. The van der Waals surface area contributed by atoms with Crippen molar-refractivity contribution in [3.05, 3.63) is 42.0 Å². The monoisotopic (exact) mass is 358 g/mol. The summed E-state index contributed by atoms with van der Waals surface area (Å²) in [5.41, 5.74) is 3.05. The molecule has 1 aromatic carbocycles. The van der Waals surface area contributed by atoms with Crippen LogP contribution in [0.2, 0.25) is 0 Å². The molecule has 1 unspecified atom stereocenters. The van der Waals surface area contributed by atoms with Crippen molar-refractivity contribution in [3.63, 3.8) is 0 Å².